The number of hydrogen-bond donors (Lipinski definition) is 4. The number of aliphatic hydroxyl groups is 3. The predicted molar refractivity (Wildman–Crippen MR) is 259 cm³/mol. The van der Waals surface area contributed by atoms with Gasteiger partial charge in [0.1, 0.15) is 6.10 Å². The van der Waals surface area contributed by atoms with E-state index in [0.29, 0.717) is 12.8 Å². The van der Waals surface area contributed by atoms with Crippen LogP contribution in [0.2, 0.25) is 0 Å². The maximum atomic E-state index is 12.6. The summed E-state index contributed by atoms with van der Waals surface area (Å²) < 4.78 is 0. The van der Waals surface area contributed by atoms with Gasteiger partial charge in [0.2, 0.25) is 5.91 Å². The van der Waals surface area contributed by atoms with E-state index in [9.17, 15) is 20.1 Å². The second-order valence-corrected chi connectivity index (χ2v) is 18.4. The lowest BCUT2D eigenvalue weighted by atomic mass is 10.0. The number of allylic oxidation sites excluding steroid dienone is 4. The molecule has 350 valence electrons. The highest BCUT2D eigenvalue weighted by molar-refractivity contribution is 5.80. The van der Waals surface area contributed by atoms with Gasteiger partial charge in [0.25, 0.3) is 0 Å². The molecule has 0 rings (SSSR count). The number of rotatable bonds is 49. The Morgan fingerprint density at radius 3 is 1.02 bits per heavy atom. The van der Waals surface area contributed by atoms with Crippen LogP contribution < -0.4 is 5.32 Å². The van der Waals surface area contributed by atoms with Gasteiger partial charge in [-0.2, -0.15) is 0 Å². The monoisotopic (exact) mass is 832 g/mol. The Morgan fingerprint density at radius 2 is 0.695 bits per heavy atom. The van der Waals surface area contributed by atoms with Crippen LogP contribution in [0.1, 0.15) is 290 Å². The number of unbranched alkanes of at least 4 members (excludes halogenated alkanes) is 37. The number of carbonyl (C=O) groups is 1. The maximum Gasteiger partial charge on any atom is 0.249 e. The number of hydrogen-bond acceptors (Lipinski definition) is 4. The first-order valence-corrected chi connectivity index (χ1v) is 26.6. The maximum absolute atomic E-state index is 12.6. The summed E-state index contributed by atoms with van der Waals surface area (Å²) in [5, 5.41) is 33.5. The Morgan fingerprint density at radius 1 is 0.407 bits per heavy atom. The van der Waals surface area contributed by atoms with Gasteiger partial charge in [0, 0.05) is 0 Å². The summed E-state index contributed by atoms with van der Waals surface area (Å²) in [6.07, 6.45) is 62.0. The van der Waals surface area contributed by atoms with Crippen molar-refractivity contribution in [2.24, 2.45) is 0 Å². The van der Waals surface area contributed by atoms with E-state index in [1.54, 1.807) is 0 Å². The van der Waals surface area contributed by atoms with Crippen LogP contribution in [-0.4, -0.2) is 46.1 Å². The van der Waals surface area contributed by atoms with Gasteiger partial charge < -0.3 is 20.6 Å². The average molecular weight is 832 g/mol. The van der Waals surface area contributed by atoms with Gasteiger partial charge in [-0.15, -0.1) is 0 Å². The minimum Gasteiger partial charge on any atom is -0.394 e. The minimum absolute atomic E-state index is 0.314. The molecule has 4 N–H and O–H groups in total. The highest BCUT2D eigenvalue weighted by Gasteiger charge is 2.23. The van der Waals surface area contributed by atoms with E-state index in [4.69, 9.17) is 0 Å². The van der Waals surface area contributed by atoms with Gasteiger partial charge in [0.05, 0.1) is 18.8 Å². The van der Waals surface area contributed by atoms with E-state index in [0.717, 1.165) is 38.5 Å². The van der Waals surface area contributed by atoms with Crippen LogP contribution in [0.3, 0.4) is 0 Å². The van der Waals surface area contributed by atoms with Gasteiger partial charge in [-0.3, -0.25) is 4.79 Å². The molecule has 0 aliphatic rings. The second-order valence-electron chi connectivity index (χ2n) is 18.4. The molecule has 0 saturated heterocycles. The molecule has 0 heterocycles. The first kappa shape index (κ1) is 57.8. The molecule has 0 aromatic carbocycles. The summed E-state index contributed by atoms with van der Waals surface area (Å²) in [4.78, 5) is 12.6. The number of carbonyl (C=O) groups excluding carboxylic acids is 1. The summed E-state index contributed by atoms with van der Waals surface area (Å²) in [7, 11) is 0. The normalized spacial score (nSPS) is 13.5. The van der Waals surface area contributed by atoms with E-state index in [1.807, 2.05) is 0 Å². The molecule has 0 fully saturated rings. The summed E-state index contributed by atoms with van der Waals surface area (Å²) in [6, 6.07) is -0.714. The van der Waals surface area contributed by atoms with Crippen molar-refractivity contribution >= 4 is 5.91 Å². The Labute approximate surface area is 369 Å². The Kier molecular flexibility index (Phi) is 48.5. The summed E-state index contributed by atoms with van der Waals surface area (Å²) >= 11 is 0. The van der Waals surface area contributed by atoms with Gasteiger partial charge in [-0.1, -0.05) is 269 Å². The SMILES string of the molecule is CCCCCCCCCCC/C=C\C/C=C\CCCCCCCCCCC(O)C(=O)NC(CO)C(O)CCCCCCCCCCCCCCCCCCCCCCC. The fourth-order valence-corrected chi connectivity index (χ4v) is 8.40. The molecule has 0 aliphatic heterocycles. The van der Waals surface area contributed by atoms with Crippen molar-refractivity contribution in [3.63, 3.8) is 0 Å². The Balaban J connectivity index is 3.57. The molecule has 0 saturated carbocycles. The number of amides is 1. The molecule has 59 heavy (non-hydrogen) atoms. The van der Waals surface area contributed by atoms with Crippen LogP contribution in [0.5, 0.6) is 0 Å². The lowest BCUT2D eigenvalue weighted by molar-refractivity contribution is -0.131. The van der Waals surface area contributed by atoms with E-state index in [-0.39, 0.29) is 6.61 Å². The molecule has 5 nitrogen and oxygen atoms in total. The third-order valence-electron chi connectivity index (χ3n) is 12.6. The van der Waals surface area contributed by atoms with E-state index >= 15 is 0 Å². The fourth-order valence-electron chi connectivity index (χ4n) is 8.40. The molecule has 3 atom stereocenters. The number of aliphatic hydroxyl groups excluding tert-OH is 3. The van der Waals surface area contributed by atoms with Gasteiger partial charge in [0.15, 0.2) is 0 Å². The molecule has 1 amide bonds. The smallest absolute Gasteiger partial charge is 0.249 e. The van der Waals surface area contributed by atoms with Crippen LogP contribution in [0.25, 0.3) is 0 Å². The first-order valence-electron chi connectivity index (χ1n) is 26.6. The first-order chi connectivity index (χ1) is 29.1. The zero-order chi connectivity index (χ0) is 43.0. The van der Waals surface area contributed by atoms with Gasteiger partial charge in [-0.25, -0.2) is 0 Å². The molecule has 0 aromatic heterocycles. The third kappa shape index (κ3) is 44.7. The van der Waals surface area contributed by atoms with Crippen molar-refractivity contribution in [3.8, 4) is 0 Å². The van der Waals surface area contributed by atoms with Crippen molar-refractivity contribution in [2.45, 2.75) is 308 Å². The average Bonchev–Trinajstić information content (AvgIpc) is 3.24. The van der Waals surface area contributed by atoms with Crippen LogP contribution in [0, 0.1) is 0 Å². The summed E-state index contributed by atoms with van der Waals surface area (Å²) in [5.41, 5.74) is 0. The fraction of sp³-hybridized carbons (Fsp3) is 0.907. The molecular weight excluding hydrogens is 727 g/mol. The largest absolute Gasteiger partial charge is 0.394 e. The highest BCUT2D eigenvalue weighted by atomic mass is 16.3. The molecule has 0 spiro atoms. The van der Waals surface area contributed by atoms with E-state index in [1.165, 1.54) is 225 Å². The number of nitrogens with one attached hydrogen (secondary N) is 1. The topological polar surface area (TPSA) is 89.8 Å². The van der Waals surface area contributed by atoms with Crippen molar-refractivity contribution in [1.82, 2.24) is 5.32 Å². The van der Waals surface area contributed by atoms with E-state index < -0.39 is 24.2 Å². The van der Waals surface area contributed by atoms with Crippen LogP contribution in [0.15, 0.2) is 24.3 Å². The van der Waals surface area contributed by atoms with Crippen molar-refractivity contribution < 1.29 is 20.1 Å². The molecule has 0 radical (unpaired) electrons. The van der Waals surface area contributed by atoms with Crippen molar-refractivity contribution in [1.29, 1.82) is 0 Å². The molecule has 5 heteroatoms. The Hall–Kier alpha value is -1.17. The molecule has 0 bridgehead atoms. The third-order valence-corrected chi connectivity index (χ3v) is 12.6. The zero-order valence-electron chi connectivity index (χ0n) is 39.9. The molecule has 0 aliphatic carbocycles. The van der Waals surface area contributed by atoms with Gasteiger partial charge >= 0.3 is 0 Å². The summed E-state index contributed by atoms with van der Waals surface area (Å²) in [6.45, 7) is 4.26. The summed E-state index contributed by atoms with van der Waals surface area (Å²) in [5.74, 6) is -0.471. The zero-order valence-corrected chi connectivity index (χ0v) is 39.9. The highest BCUT2D eigenvalue weighted by Crippen LogP contribution is 2.17. The second kappa shape index (κ2) is 49.5. The minimum atomic E-state index is -1.08. The lowest BCUT2D eigenvalue weighted by Gasteiger charge is -2.23. The quantitative estimate of drug-likeness (QED) is 0.0363. The predicted octanol–water partition coefficient (Wildman–Crippen LogP) is 16.1. The van der Waals surface area contributed by atoms with Crippen molar-refractivity contribution in [3.05, 3.63) is 24.3 Å². The van der Waals surface area contributed by atoms with E-state index in [2.05, 4.69) is 43.5 Å². The van der Waals surface area contributed by atoms with Gasteiger partial charge in [-0.05, 0) is 44.9 Å². The van der Waals surface area contributed by atoms with Crippen molar-refractivity contribution in [2.75, 3.05) is 6.61 Å². The molecule has 0 aromatic rings. The molecule has 3 unspecified atom stereocenters. The Bertz CT molecular complexity index is 874. The van der Waals surface area contributed by atoms with Crippen LogP contribution in [-0.2, 0) is 4.79 Å². The lowest BCUT2D eigenvalue weighted by Crippen LogP contribution is -2.49. The van der Waals surface area contributed by atoms with Crippen LogP contribution >= 0.6 is 0 Å². The standard InChI is InChI=1S/C54H105NO4/c1-3-5-7-9-11-13-15-17-19-21-23-25-26-27-29-31-33-35-37-39-41-43-45-47-49-53(58)54(59)55-51(50-56)52(57)48-46-44-42-40-38-36-34-32-30-28-24-22-20-18-16-14-12-10-8-6-4-2/h23,25,27,29,51-53,56-58H,3-22,24,26,28,30-50H2,1-2H3,(H,55,59)/b25-23-,29-27-. The van der Waals surface area contributed by atoms with Crippen LogP contribution in [0.4, 0.5) is 0 Å². The molecular formula is C54H105NO4.